The summed E-state index contributed by atoms with van der Waals surface area (Å²) in [4.78, 5) is 2.53. The molecule has 0 aromatic carbocycles. The van der Waals surface area contributed by atoms with Gasteiger partial charge in [0.25, 0.3) is 0 Å². The molecule has 2 rings (SSSR count). The average molecular weight is 315 g/mol. The molecule has 1 aliphatic heterocycles. The van der Waals surface area contributed by atoms with E-state index in [0.29, 0.717) is 6.04 Å². The van der Waals surface area contributed by atoms with E-state index in [-0.39, 0.29) is 0 Å². The van der Waals surface area contributed by atoms with Crippen molar-refractivity contribution in [2.75, 3.05) is 19.6 Å². The molecule has 0 amide bonds. The Labute approximate surface area is 118 Å². The third-order valence-electron chi connectivity index (χ3n) is 3.50. The molecule has 1 saturated heterocycles. The Morgan fingerprint density at radius 2 is 2.28 bits per heavy atom. The first kappa shape index (κ1) is 14.0. The van der Waals surface area contributed by atoms with Gasteiger partial charge in [-0.05, 0) is 56.2 Å². The lowest BCUT2D eigenvalue weighted by Crippen LogP contribution is -2.35. The summed E-state index contributed by atoms with van der Waals surface area (Å²) >= 11 is 3.68. The van der Waals surface area contributed by atoms with Crippen molar-refractivity contribution in [2.45, 2.75) is 46.3 Å². The van der Waals surface area contributed by atoms with Crippen LogP contribution in [0.1, 0.15) is 31.7 Å². The molecule has 1 fully saturated rings. The highest BCUT2D eigenvalue weighted by Gasteiger charge is 2.18. The van der Waals surface area contributed by atoms with Crippen LogP contribution in [0.25, 0.3) is 0 Å². The van der Waals surface area contributed by atoms with Gasteiger partial charge >= 0.3 is 0 Å². The molecule has 2 heterocycles. The first-order chi connectivity index (χ1) is 8.61. The van der Waals surface area contributed by atoms with Gasteiger partial charge in [-0.1, -0.05) is 0 Å². The van der Waals surface area contributed by atoms with Crippen LogP contribution in [0.4, 0.5) is 0 Å². The zero-order valence-electron chi connectivity index (χ0n) is 11.5. The van der Waals surface area contributed by atoms with Gasteiger partial charge in [0, 0.05) is 25.7 Å². The molecule has 1 atom stereocenters. The number of aryl methyl sites for hydroxylation is 2. The van der Waals surface area contributed by atoms with Gasteiger partial charge in [-0.25, -0.2) is 0 Å². The molecule has 4 nitrogen and oxygen atoms in total. The number of halogens is 1. The first-order valence-electron chi connectivity index (χ1n) is 6.79. The van der Waals surface area contributed by atoms with E-state index in [0.717, 1.165) is 38.4 Å². The zero-order valence-corrected chi connectivity index (χ0v) is 13.1. The third-order valence-corrected chi connectivity index (χ3v) is 4.53. The van der Waals surface area contributed by atoms with Crippen LogP contribution in [0.3, 0.4) is 0 Å². The molecule has 0 spiro atoms. The molecule has 1 N–H and O–H groups in total. The molecule has 0 bridgehead atoms. The molecule has 5 heteroatoms. The van der Waals surface area contributed by atoms with Gasteiger partial charge < -0.3 is 5.32 Å². The summed E-state index contributed by atoms with van der Waals surface area (Å²) in [6.07, 6.45) is 1.22. The Kier molecular flexibility index (Phi) is 4.81. The number of hydrogen-bond donors (Lipinski definition) is 1. The quantitative estimate of drug-likeness (QED) is 0.928. The van der Waals surface area contributed by atoms with Crippen LogP contribution >= 0.6 is 15.9 Å². The summed E-state index contributed by atoms with van der Waals surface area (Å²) in [5.74, 6) is 0. The van der Waals surface area contributed by atoms with Crippen molar-refractivity contribution in [3.05, 3.63) is 15.9 Å². The highest BCUT2D eigenvalue weighted by atomic mass is 79.9. The summed E-state index contributed by atoms with van der Waals surface area (Å²) in [5, 5.41) is 8.10. The molecule has 1 aliphatic rings. The topological polar surface area (TPSA) is 33.1 Å². The van der Waals surface area contributed by atoms with E-state index in [4.69, 9.17) is 0 Å². The Morgan fingerprint density at radius 1 is 1.50 bits per heavy atom. The van der Waals surface area contributed by atoms with E-state index >= 15 is 0 Å². The highest BCUT2D eigenvalue weighted by molar-refractivity contribution is 9.10. The number of rotatable bonds is 3. The van der Waals surface area contributed by atoms with Crippen molar-refractivity contribution in [1.82, 2.24) is 20.0 Å². The first-order valence-corrected chi connectivity index (χ1v) is 7.58. The van der Waals surface area contributed by atoms with E-state index in [1.807, 2.05) is 0 Å². The lowest BCUT2D eigenvalue weighted by molar-refractivity contribution is 0.256. The van der Waals surface area contributed by atoms with Gasteiger partial charge in [-0.15, -0.1) is 0 Å². The number of nitrogens with one attached hydrogen (secondary N) is 1. The largest absolute Gasteiger partial charge is 0.313 e. The van der Waals surface area contributed by atoms with Crippen LogP contribution in [-0.4, -0.2) is 40.4 Å². The molecule has 18 heavy (non-hydrogen) atoms. The van der Waals surface area contributed by atoms with Crippen molar-refractivity contribution in [2.24, 2.45) is 0 Å². The Morgan fingerprint density at radius 3 is 3.00 bits per heavy atom. The molecule has 1 aromatic heterocycles. The van der Waals surface area contributed by atoms with Gasteiger partial charge in [0.2, 0.25) is 0 Å². The van der Waals surface area contributed by atoms with Gasteiger partial charge in [0.05, 0.1) is 15.9 Å². The monoisotopic (exact) mass is 314 g/mol. The Hall–Kier alpha value is -0.390. The smallest absolute Gasteiger partial charge is 0.0739 e. The molecule has 102 valence electrons. The molecule has 0 aliphatic carbocycles. The van der Waals surface area contributed by atoms with Crippen molar-refractivity contribution < 1.29 is 0 Å². The van der Waals surface area contributed by atoms with E-state index in [2.05, 4.69) is 56.7 Å². The van der Waals surface area contributed by atoms with Crippen molar-refractivity contribution in [3.63, 3.8) is 0 Å². The van der Waals surface area contributed by atoms with E-state index in [1.165, 1.54) is 16.6 Å². The standard InChI is InChI=1S/C13H23BrN4/c1-4-18-12(13(14)11(3)16-18)9-17-7-5-6-15-10(2)8-17/h10,15H,4-9H2,1-3H3. The zero-order chi connectivity index (χ0) is 13.1. The molecule has 1 unspecified atom stereocenters. The maximum Gasteiger partial charge on any atom is 0.0739 e. The Balaban J connectivity index is 2.12. The molecule has 1 aromatic rings. The van der Waals surface area contributed by atoms with E-state index in [1.54, 1.807) is 0 Å². The predicted molar refractivity (Wildman–Crippen MR) is 77.7 cm³/mol. The minimum Gasteiger partial charge on any atom is -0.313 e. The maximum absolute atomic E-state index is 4.56. The van der Waals surface area contributed by atoms with Gasteiger partial charge in [-0.2, -0.15) is 5.10 Å². The van der Waals surface area contributed by atoms with Crippen LogP contribution in [0.5, 0.6) is 0 Å². The van der Waals surface area contributed by atoms with Crippen molar-refractivity contribution in [1.29, 1.82) is 0 Å². The summed E-state index contributed by atoms with van der Waals surface area (Å²) in [6, 6.07) is 0.574. The number of hydrogen-bond acceptors (Lipinski definition) is 3. The summed E-state index contributed by atoms with van der Waals surface area (Å²) in [7, 11) is 0. The van der Waals surface area contributed by atoms with E-state index < -0.39 is 0 Å². The second-order valence-corrected chi connectivity index (χ2v) is 5.90. The van der Waals surface area contributed by atoms with Gasteiger partial charge in [-0.3, -0.25) is 9.58 Å². The predicted octanol–water partition coefficient (Wildman–Crippen LogP) is 2.16. The van der Waals surface area contributed by atoms with Crippen LogP contribution in [-0.2, 0) is 13.1 Å². The van der Waals surface area contributed by atoms with E-state index in [9.17, 15) is 0 Å². The minimum atomic E-state index is 0.574. The fourth-order valence-electron chi connectivity index (χ4n) is 2.57. The van der Waals surface area contributed by atoms with Gasteiger partial charge in [0.1, 0.15) is 0 Å². The summed E-state index contributed by atoms with van der Waals surface area (Å²) < 4.78 is 3.29. The van der Waals surface area contributed by atoms with Crippen molar-refractivity contribution >= 4 is 15.9 Å². The summed E-state index contributed by atoms with van der Waals surface area (Å²) in [5.41, 5.74) is 2.40. The fraction of sp³-hybridized carbons (Fsp3) is 0.769. The average Bonchev–Trinajstić information content (AvgIpc) is 2.53. The lowest BCUT2D eigenvalue weighted by atomic mass is 10.3. The lowest BCUT2D eigenvalue weighted by Gasteiger charge is -2.22. The number of nitrogens with zero attached hydrogens (tertiary/aromatic N) is 3. The van der Waals surface area contributed by atoms with Crippen LogP contribution in [0.15, 0.2) is 4.47 Å². The number of aromatic nitrogens is 2. The SMILES string of the molecule is CCn1nc(C)c(Br)c1CN1CCCNC(C)C1. The third kappa shape index (κ3) is 3.13. The Bertz CT molecular complexity index is 402. The fourth-order valence-corrected chi connectivity index (χ4v) is 2.98. The molecule has 0 saturated carbocycles. The van der Waals surface area contributed by atoms with Crippen molar-refractivity contribution in [3.8, 4) is 0 Å². The maximum atomic E-state index is 4.56. The molecular formula is C13H23BrN4. The second kappa shape index (κ2) is 6.17. The van der Waals surface area contributed by atoms with Crippen LogP contribution in [0.2, 0.25) is 0 Å². The second-order valence-electron chi connectivity index (χ2n) is 5.11. The van der Waals surface area contributed by atoms with Crippen LogP contribution in [0, 0.1) is 6.92 Å². The minimum absolute atomic E-state index is 0.574. The van der Waals surface area contributed by atoms with Gasteiger partial charge in [0.15, 0.2) is 0 Å². The summed E-state index contributed by atoms with van der Waals surface area (Å²) in [6.45, 7) is 11.8. The molecule has 0 radical (unpaired) electrons. The normalized spacial score (nSPS) is 22.1. The molecular weight excluding hydrogens is 292 g/mol. The van der Waals surface area contributed by atoms with Crippen LogP contribution < -0.4 is 5.32 Å². The highest BCUT2D eigenvalue weighted by Crippen LogP contribution is 2.22.